The third-order valence-corrected chi connectivity index (χ3v) is 10.2. The molecule has 1 aliphatic heterocycles. The van der Waals surface area contributed by atoms with E-state index >= 15 is 0 Å². The third kappa shape index (κ3) is 9.50. The maximum atomic E-state index is 14.2. The highest BCUT2D eigenvalue weighted by Crippen LogP contribution is 2.30. The van der Waals surface area contributed by atoms with Crippen LogP contribution in [0.25, 0.3) is 16.6 Å². The van der Waals surface area contributed by atoms with Gasteiger partial charge in [-0.1, -0.05) is 12.8 Å². The molecule has 1 fully saturated rings. The van der Waals surface area contributed by atoms with Gasteiger partial charge in [-0.2, -0.15) is 0 Å². The van der Waals surface area contributed by atoms with E-state index in [1.807, 2.05) is 32.0 Å². The molecular weight excluding hydrogens is 664 g/mol. The number of anilines is 1. The SMILES string of the molecule is CCOc1cc(OCC)cc(-n2cc(C(=O)N(CC)c3cc(F)cc(F)c3)c(=O)c3ccc(OCCCCCCC[N+]4(CC)CCCCC4)cc32)c1. The minimum atomic E-state index is -0.820. The first-order chi connectivity index (χ1) is 25.2. The normalized spacial score (nSPS) is 14.0. The van der Waals surface area contributed by atoms with Gasteiger partial charge in [0.15, 0.2) is 0 Å². The molecule has 280 valence electrons. The van der Waals surface area contributed by atoms with Crippen LogP contribution in [0.3, 0.4) is 0 Å². The first-order valence-corrected chi connectivity index (χ1v) is 19.1. The second-order valence-electron chi connectivity index (χ2n) is 13.6. The van der Waals surface area contributed by atoms with Crippen LogP contribution in [-0.4, -0.2) is 67.5 Å². The summed E-state index contributed by atoms with van der Waals surface area (Å²) in [6.45, 7) is 14.5. The Morgan fingerprint density at radius 2 is 1.42 bits per heavy atom. The molecule has 3 aromatic carbocycles. The van der Waals surface area contributed by atoms with E-state index < -0.39 is 23.0 Å². The predicted molar refractivity (Wildman–Crippen MR) is 203 cm³/mol. The molecule has 52 heavy (non-hydrogen) atoms. The number of halogens is 2. The number of quaternary nitrogens is 1. The van der Waals surface area contributed by atoms with Gasteiger partial charge in [-0.15, -0.1) is 0 Å². The third-order valence-electron chi connectivity index (χ3n) is 10.2. The Kier molecular flexibility index (Phi) is 13.7. The fourth-order valence-electron chi connectivity index (χ4n) is 7.39. The zero-order chi connectivity index (χ0) is 37.1. The number of rotatable bonds is 18. The van der Waals surface area contributed by atoms with Gasteiger partial charge >= 0.3 is 0 Å². The van der Waals surface area contributed by atoms with Gasteiger partial charge in [-0.05, 0) is 90.5 Å². The first kappa shape index (κ1) is 38.8. The van der Waals surface area contributed by atoms with Gasteiger partial charge in [0.2, 0.25) is 5.43 Å². The number of nitrogens with zero attached hydrogens (tertiary/aromatic N) is 3. The summed E-state index contributed by atoms with van der Waals surface area (Å²) in [4.78, 5) is 29.2. The Morgan fingerprint density at radius 1 is 0.769 bits per heavy atom. The van der Waals surface area contributed by atoms with Gasteiger partial charge < -0.3 is 28.2 Å². The molecule has 1 aromatic heterocycles. The lowest BCUT2D eigenvalue weighted by molar-refractivity contribution is -0.931. The Bertz CT molecular complexity index is 1830. The summed E-state index contributed by atoms with van der Waals surface area (Å²) in [5.41, 5.74) is 0.494. The van der Waals surface area contributed by atoms with Crippen molar-refractivity contribution < 1.29 is 32.3 Å². The molecule has 0 radical (unpaired) electrons. The van der Waals surface area contributed by atoms with Gasteiger partial charge in [0.05, 0.1) is 57.2 Å². The van der Waals surface area contributed by atoms with E-state index in [1.165, 1.54) is 80.3 Å². The lowest BCUT2D eigenvalue weighted by Gasteiger charge is -2.41. The van der Waals surface area contributed by atoms with E-state index in [-0.39, 0.29) is 17.8 Å². The zero-order valence-corrected chi connectivity index (χ0v) is 31.2. The summed E-state index contributed by atoms with van der Waals surface area (Å²) < 4.78 is 49.3. The van der Waals surface area contributed by atoms with Crippen molar-refractivity contribution in [3.05, 3.63) is 88.2 Å². The molecule has 1 amide bonds. The van der Waals surface area contributed by atoms with Gasteiger partial charge in [0.25, 0.3) is 5.91 Å². The predicted octanol–water partition coefficient (Wildman–Crippen LogP) is 9.08. The fourth-order valence-corrected chi connectivity index (χ4v) is 7.39. The minimum Gasteiger partial charge on any atom is -0.494 e. The van der Waals surface area contributed by atoms with E-state index in [1.54, 1.807) is 29.7 Å². The first-order valence-electron chi connectivity index (χ1n) is 19.1. The topological polar surface area (TPSA) is 70.0 Å². The van der Waals surface area contributed by atoms with Crippen LogP contribution in [0.4, 0.5) is 14.5 Å². The molecule has 4 aromatic rings. The Labute approximate surface area is 306 Å². The second-order valence-corrected chi connectivity index (χ2v) is 13.6. The number of carbonyl (C=O) groups is 1. The summed E-state index contributed by atoms with van der Waals surface area (Å²) in [5, 5.41) is 0.292. The number of fused-ring (bicyclic) bond motifs is 1. The molecule has 0 N–H and O–H groups in total. The van der Waals surface area contributed by atoms with Crippen molar-refractivity contribution in [1.29, 1.82) is 0 Å². The highest BCUT2D eigenvalue weighted by Gasteiger charge is 2.27. The van der Waals surface area contributed by atoms with Crippen molar-refractivity contribution >= 4 is 22.5 Å². The minimum absolute atomic E-state index is 0.0186. The van der Waals surface area contributed by atoms with Gasteiger partial charge in [-0.3, -0.25) is 9.59 Å². The van der Waals surface area contributed by atoms with Gasteiger partial charge in [-0.25, -0.2) is 8.78 Å². The van der Waals surface area contributed by atoms with Crippen LogP contribution in [0.1, 0.15) is 89.4 Å². The van der Waals surface area contributed by atoms with Crippen LogP contribution < -0.4 is 24.5 Å². The maximum Gasteiger partial charge on any atom is 0.263 e. The molecule has 2 heterocycles. The highest BCUT2D eigenvalue weighted by atomic mass is 19.1. The maximum absolute atomic E-state index is 14.2. The number of carbonyl (C=O) groups excluding carboxylic acids is 1. The summed E-state index contributed by atoms with van der Waals surface area (Å²) in [7, 11) is 0. The number of benzene rings is 3. The quantitative estimate of drug-likeness (QED) is 0.0759. The van der Waals surface area contributed by atoms with Crippen LogP contribution in [0.2, 0.25) is 0 Å². The second kappa shape index (κ2) is 18.4. The Hall–Kier alpha value is -4.44. The van der Waals surface area contributed by atoms with Crippen LogP contribution in [0.15, 0.2) is 65.6 Å². The lowest BCUT2D eigenvalue weighted by atomic mass is 10.1. The Balaban J connectivity index is 1.40. The van der Waals surface area contributed by atoms with Gasteiger partial charge in [0.1, 0.15) is 34.4 Å². The van der Waals surface area contributed by atoms with Crippen molar-refractivity contribution in [2.75, 3.05) is 57.4 Å². The summed E-state index contributed by atoms with van der Waals surface area (Å²) in [5.74, 6) is -0.593. The van der Waals surface area contributed by atoms with E-state index in [2.05, 4.69) is 6.92 Å². The average Bonchev–Trinajstić information content (AvgIpc) is 3.13. The van der Waals surface area contributed by atoms with Crippen molar-refractivity contribution in [3.8, 4) is 22.9 Å². The molecule has 1 aliphatic rings. The molecule has 0 saturated carbocycles. The average molecular weight is 719 g/mol. The molecule has 10 heteroatoms. The lowest BCUT2D eigenvalue weighted by Crippen LogP contribution is -2.51. The number of hydrogen-bond donors (Lipinski definition) is 0. The number of pyridine rings is 1. The molecule has 0 aliphatic carbocycles. The number of likely N-dealkylation sites (tertiary alicyclic amines) is 1. The van der Waals surface area contributed by atoms with Crippen molar-refractivity contribution in [1.82, 2.24) is 4.57 Å². The van der Waals surface area contributed by atoms with Crippen molar-refractivity contribution in [2.24, 2.45) is 0 Å². The summed E-state index contributed by atoms with van der Waals surface area (Å²) >= 11 is 0. The van der Waals surface area contributed by atoms with E-state index in [9.17, 15) is 18.4 Å². The van der Waals surface area contributed by atoms with Crippen LogP contribution in [0, 0.1) is 11.6 Å². The zero-order valence-electron chi connectivity index (χ0n) is 31.2. The highest BCUT2D eigenvalue weighted by molar-refractivity contribution is 6.07. The number of hydrogen-bond acceptors (Lipinski definition) is 5. The molecule has 0 spiro atoms. The Morgan fingerprint density at radius 3 is 2.06 bits per heavy atom. The molecule has 8 nitrogen and oxygen atoms in total. The largest absolute Gasteiger partial charge is 0.494 e. The number of amides is 1. The number of ether oxygens (including phenoxy) is 3. The number of piperidine rings is 1. The standard InChI is InChI=1S/C42H54F2N3O5/c1-5-45(33-24-31(43)23-32(44)25-33)42(49)39-30-46(34-26-36(50-7-3)28-37(27-34)51-8-4)40-29-35(17-18-38(40)41(39)48)52-22-16-11-9-10-13-19-47(6-2)20-14-12-15-21-47/h17-18,23-30H,5-16,19-22H2,1-4H3/q+1. The molecule has 0 unspecified atom stereocenters. The smallest absolute Gasteiger partial charge is 0.263 e. The van der Waals surface area contributed by atoms with Crippen LogP contribution >= 0.6 is 0 Å². The summed E-state index contributed by atoms with van der Waals surface area (Å²) in [6, 6.07) is 13.5. The molecule has 0 atom stereocenters. The fraction of sp³-hybridized carbons (Fsp3) is 0.476. The summed E-state index contributed by atoms with van der Waals surface area (Å²) in [6.07, 6.45) is 11.3. The van der Waals surface area contributed by atoms with Crippen molar-refractivity contribution in [2.45, 2.75) is 79.1 Å². The van der Waals surface area contributed by atoms with Gasteiger partial charge in [0, 0.05) is 54.1 Å². The van der Waals surface area contributed by atoms with Crippen LogP contribution in [0.5, 0.6) is 17.2 Å². The van der Waals surface area contributed by atoms with Crippen LogP contribution in [-0.2, 0) is 0 Å². The van der Waals surface area contributed by atoms with Crippen molar-refractivity contribution in [3.63, 3.8) is 0 Å². The number of aromatic nitrogens is 1. The molecule has 5 rings (SSSR count). The number of unbranched alkanes of at least 4 members (excludes halogenated alkanes) is 4. The molecule has 1 saturated heterocycles. The van der Waals surface area contributed by atoms with E-state index in [4.69, 9.17) is 14.2 Å². The molecular formula is C42H54F2N3O5+. The molecule has 0 bridgehead atoms. The van der Waals surface area contributed by atoms with E-state index in [0.717, 1.165) is 31.0 Å². The monoisotopic (exact) mass is 718 g/mol. The van der Waals surface area contributed by atoms with E-state index in [0.29, 0.717) is 53.7 Å².